The molecule has 160 valence electrons. The Labute approximate surface area is 169 Å². The molecule has 2 aliphatic heterocycles. The van der Waals surface area contributed by atoms with Gasteiger partial charge in [0.05, 0.1) is 6.10 Å². The van der Waals surface area contributed by atoms with Crippen LogP contribution in [0.4, 0.5) is 4.39 Å². The van der Waals surface area contributed by atoms with E-state index in [0.717, 1.165) is 51.6 Å². The molecule has 3 rings (SSSR count). The lowest BCUT2D eigenvalue weighted by Crippen LogP contribution is -2.36. The van der Waals surface area contributed by atoms with E-state index in [-0.39, 0.29) is 35.7 Å². The molecule has 0 aromatic heterocycles. The maximum absolute atomic E-state index is 14.4. The van der Waals surface area contributed by atoms with Gasteiger partial charge < -0.3 is 14.2 Å². The SMILES string of the molecule is CCCCC(C)(C)[C@@H](C=C[C@@H]1[C@H]2[C@H](C[C@H]1C)OC(=O)[C@H]2F)OC1CCCCO1. The molecule has 0 spiro atoms. The van der Waals surface area contributed by atoms with E-state index in [1.807, 2.05) is 0 Å². The molecule has 0 aromatic rings. The minimum absolute atomic E-state index is 0.00630. The molecule has 5 heteroatoms. The minimum Gasteiger partial charge on any atom is -0.460 e. The van der Waals surface area contributed by atoms with Crippen molar-refractivity contribution < 1.29 is 23.4 Å². The van der Waals surface area contributed by atoms with Gasteiger partial charge in [-0.1, -0.05) is 52.7 Å². The maximum Gasteiger partial charge on any atom is 0.341 e. The highest BCUT2D eigenvalue weighted by molar-refractivity contribution is 5.77. The van der Waals surface area contributed by atoms with Gasteiger partial charge in [-0.3, -0.25) is 0 Å². The van der Waals surface area contributed by atoms with Crippen LogP contribution >= 0.6 is 0 Å². The van der Waals surface area contributed by atoms with Crippen LogP contribution in [-0.2, 0) is 19.0 Å². The number of esters is 1. The van der Waals surface area contributed by atoms with Crippen LogP contribution in [0.25, 0.3) is 0 Å². The van der Waals surface area contributed by atoms with E-state index in [1.165, 1.54) is 0 Å². The summed E-state index contributed by atoms with van der Waals surface area (Å²) >= 11 is 0. The van der Waals surface area contributed by atoms with E-state index >= 15 is 0 Å². The number of fused-ring (bicyclic) bond motifs is 1. The molecule has 2 heterocycles. The molecule has 0 N–H and O–H groups in total. The molecule has 0 bridgehead atoms. The zero-order valence-electron chi connectivity index (χ0n) is 17.9. The third kappa shape index (κ3) is 4.79. The lowest BCUT2D eigenvalue weighted by atomic mass is 9.79. The van der Waals surface area contributed by atoms with Crippen molar-refractivity contribution in [2.24, 2.45) is 23.2 Å². The molecular weight excluding hydrogens is 359 g/mol. The summed E-state index contributed by atoms with van der Waals surface area (Å²) in [5.74, 6) is -0.745. The highest BCUT2D eigenvalue weighted by Crippen LogP contribution is 2.47. The van der Waals surface area contributed by atoms with Crippen molar-refractivity contribution in [3.8, 4) is 0 Å². The second-order valence-electron chi connectivity index (χ2n) is 9.57. The first-order valence-electron chi connectivity index (χ1n) is 11.1. The molecule has 3 aliphatic rings. The van der Waals surface area contributed by atoms with Crippen LogP contribution in [0.5, 0.6) is 0 Å². The molecule has 4 nitrogen and oxygen atoms in total. The lowest BCUT2D eigenvalue weighted by Gasteiger charge is -2.36. The molecule has 28 heavy (non-hydrogen) atoms. The predicted octanol–water partition coefficient (Wildman–Crippen LogP) is 5.21. The van der Waals surface area contributed by atoms with Crippen LogP contribution in [0.3, 0.4) is 0 Å². The number of allylic oxidation sites excluding steroid dienone is 1. The van der Waals surface area contributed by atoms with Crippen molar-refractivity contribution in [3.63, 3.8) is 0 Å². The summed E-state index contributed by atoms with van der Waals surface area (Å²) in [5.41, 5.74) is -0.0360. The van der Waals surface area contributed by atoms with Gasteiger partial charge in [-0.05, 0) is 49.4 Å². The van der Waals surface area contributed by atoms with E-state index in [0.29, 0.717) is 5.92 Å². The number of alkyl halides is 1. The summed E-state index contributed by atoms with van der Waals surface area (Å²) in [6.07, 6.45) is 9.42. The van der Waals surface area contributed by atoms with Gasteiger partial charge in [0.1, 0.15) is 6.10 Å². The van der Waals surface area contributed by atoms with Gasteiger partial charge >= 0.3 is 5.97 Å². The fourth-order valence-electron chi connectivity index (χ4n) is 4.98. The van der Waals surface area contributed by atoms with Crippen molar-refractivity contribution in [2.45, 2.75) is 97.3 Å². The van der Waals surface area contributed by atoms with E-state index < -0.39 is 12.1 Å². The highest BCUT2D eigenvalue weighted by Gasteiger charge is 2.54. The minimum atomic E-state index is -1.50. The number of carbonyl (C=O) groups excluding carboxylic acids is 1. The Balaban J connectivity index is 1.74. The van der Waals surface area contributed by atoms with Gasteiger partial charge in [-0.15, -0.1) is 0 Å². The van der Waals surface area contributed by atoms with Crippen LogP contribution < -0.4 is 0 Å². The highest BCUT2D eigenvalue weighted by atomic mass is 19.1. The first-order chi connectivity index (χ1) is 13.3. The largest absolute Gasteiger partial charge is 0.460 e. The van der Waals surface area contributed by atoms with E-state index in [1.54, 1.807) is 0 Å². The summed E-state index contributed by atoms with van der Waals surface area (Å²) in [6.45, 7) is 9.55. The van der Waals surface area contributed by atoms with Crippen LogP contribution in [-0.4, -0.2) is 37.2 Å². The van der Waals surface area contributed by atoms with E-state index in [9.17, 15) is 9.18 Å². The second-order valence-corrected chi connectivity index (χ2v) is 9.57. The Morgan fingerprint density at radius 2 is 2.14 bits per heavy atom. The monoisotopic (exact) mass is 396 g/mol. The smallest absolute Gasteiger partial charge is 0.341 e. The molecule has 3 fully saturated rings. The summed E-state index contributed by atoms with van der Waals surface area (Å²) in [4.78, 5) is 11.7. The topological polar surface area (TPSA) is 44.8 Å². The Morgan fingerprint density at radius 3 is 2.82 bits per heavy atom. The van der Waals surface area contributed by atoms with Crippen LogP contribution in [0, 0.1) is 23.2 Å². The normalized spacial score (nSPS) is 37.2. The zero-order chi connectivity index (χ0) is 20.3. The fourth-order valence-corrected chi connectivity index (χ4v) is 4.98. The molecule has 1 saturated carbocycles. The third-order valence-electron chi connectivity index (χ3n) is 6.85. The van der Waals surface area contributed by atoms with Gasteiger partial charge in [0.15, 0.2) is 6.29 Å². The van der Waals surface area contributed by atoms with Gasteiger partial charge in [0.25, 0.3) is 0 Å². The molecule has 2 saturated heterocycles. The van der Waals surface area contributed by atoms with Crippen molar-refractivity contribution in [3.05, 3.63) is 12.2 Å². The van der Waals surface area contributed by atoms with E-state index in [4.69, 9.17) is 14.2 Å². The number of unbranched alkanes of at least 4 members (excludes halogenated alkanes) is 1. The zero-order valence-corrected chi connectivity index (χ0v) is 17.9. The van der Waals surface area contributed by atoms with Gasteiger partial charge in [0.2, 0.25) is 6.17 Å². The number of halogens is 1. The van der Waals surface area contributed by atoms with Crippen LogP contribution in [0.2, 0.25) is 0 Å². The Kier molecular flexibility index (Phi) is 7.19. The number of ether oxygens (including phenoxy) is 3. The fraction of sp³-hybridized carbons (Fsp3) is 0.870. The first kappa shape index (κ1) is 21.8. The van der Waals surface area contributed by atoms with Gasteiger partial charge in [-0.25, -0.2) is 9.18 Å². The second kappa shape index (κ2) is 9.25. The van der Waals surface area contributed by atoms with Gasteiger partial charge in [0, 0.05) is 12.5 Å². The molecule has 0 amide bonds. The molecular formula is C23H37FO4. The molecule has 0 aromatic carbocycles. The van der Waals surface area contributed by atoms with Gasteiger partial charge in [-0.2, -0.15) is 0 Å². The lowest BCUT2D eigenvalue weighted by molar-refractivity contribution is -0.197. The number of carbonyl (C=O) groups is 1. The Bertz CT molecular complexity index is 555. The van der Waals surface area contributed by atoms with Crippen molar-refractivity contribution >= 4 is 5.97 Å². The van der Waals surface area contributed by atoms with Crippen molar-refractivity contribution in [1.82, 2.24) is 0 Å². The van der Waals surface area contributed by atoms with Crippen molar-refractivity contribution in [1.29, 1.82) is 0 Å². The average molecular weight is 397 g/mol. The number of rotatable bonds is 8. The third-order valence-corrected chi connectivity index (χ3v) is 6.85. The molecule has 7 atom stereocenters. The summed E-state index contributed by atoms with van der Waals surface area (Å²) < 4.78 is 31.9. The Hall–Kier alpha value is -0.940. The number of hydrogen-bond donors (Lipinski definition) is 0. The maximum atomic E-state index is 14.4. The molecule has 0 radical (unpaired) electrons. The first-order valence-corrected chi connectivity index (χ1v) is 11.1. The Morgan fingerprint density at radius 1 is 1.36 bits per heavy atom. The predicted molar refractivity (Wildman–Crippen MR) is 106 cm³/mol. The summed E-state index contributed by atoms with van der Waals surface area (Å²) in [6, 6.07) is 0. The van der Waals surface area contributed by atoms with Crippen LogP contribution in [0.15, 0.2) is 12.2 Å². The quantitative estimate of drug-likeness (QED) is 0.417. The summed E-state index contributed by atoms with van der Waals surface area (Å²) in [5, 5.41) is 0. The summed E-state index contributed by atoms with van der Waals surface area (Å²) in [7, 11) is 0. The molecule has 1 aliphatic carbocycles. The standard InChI is InChI=1S/C23H37FO4/c1-5-6-12-23(3,4)18(28-19-9-7-8-13-26-19)11-10-16-15(2)14-17-20(16)21(24)22(25)27-17/h10-11,15-21H,5-9,12-14H2,1-4H3/t15-,16+,17+,18-,19?,20+,21+/m1/s1. The van der Waals surface area contributed by atoms with Crippen molar-refractivity contribution in [2.75, 3.05) is 6.61 Å². The average Bonchev–Trinajstić information content (AvgIpc) is 3.12. The van der Waals surface area contributed by atoms with Crippen LogP contribution in [0.1, 0.15) is 72.6 Å². The number of hydrogen-bond acceptors (Lipinski definition) is 4. The van der Waals surface area contributed by atoms with E-state index in [2.05, 4.69) is 39.8 Å². The molecule has 1 unspecified atom stereocenters.